The standard InChI is InChI=1S/C10H18N4O3S2/c1-4-5-11-10-14-13-9(18-10)8(15)12-7(2)6-19(3,16)17/h7H,4-6H2,1-3H3,(H,11,14)(H,12,15). The second kappa shape index (κ2) is 6.80. The van der Waals surface area contributed by atoms with Gasteiger partial charge in [-0.25, -0.2) is 8.42 Å². The molecular formula is C10H18N4O3S2. The van der Waals surface area contributed by atoms with Crippen LogP contribution in [0.4, 0.5) is 5.13 Å². The third-order valence-electron chi connectivity index (χ3n) is 2.08. The van der Waals surface area contributed by atoms with E-state index in [1.807, 2.05) is 6.92 Å². The maximum atomic E-state index is 11.8. The van der Waals surface area contributed by atoms with E-state index < -0.39 is 21.8 Å². The zero-order chi connectivity index (χ0) is 14.5. The van der Waals surface area contributed by atoms with Gasteiger partial charge >= 0.3 is 0 Å². The molecule has 9 heteroatoms. The van der Waals surface area contributed by atoms with Crippen LogP contribution in [0.2, 0.25) is 0 Å². The zero-order valence-corrected chi connectivity index (χ0v) is 12.8. The quantitative estimate of drug-likeness (QED) is 0.762. The van der Waals surface area contributed by atoms with E-state index >= 15 is 0 Å². The molecule has 0 aliphatic heterocycles. The summed E-state index contributed by atoms with van der Waals surface area (Å²) in [6, 6.07) is -0.460. The number of sulfone groups is 1. The molecule has 0 radical (unpaired) electrons. The molecule has 1 aromatic heterocycles. The monoisotopic (exact) mass is 306 g/mol. The lowest BCUT2D eigenvalue weighted by atomic mass is 10.4. The number of hydrogen-bond acceptors (Lipinski definition) is 7. The van der Waals surface area contributed by atoms with Gasteiger partial charge in [0.15, 0.2) is 0 Å². The number of carbonyl (C=O) groups is 1. The number of anilines is 1. The summed E-state index contributed by atoms with van der Waals surface area (Å²) in [5, 5.41) is 14.0. The molecule has 0 aliphatic carbocycles. The van der Waals surface area contributed by atoms with E-state index in [-0.39, 0.29) is 10.8 Å². The van der Waals surface area contributed by atoms with Gasteiger partial charge in [0.1, 0.15) is 9.84 Å². The van der Waals surface area contributed by atoms with E-state index in [4.69, 9.17) is 0 Å². The summed E-state index contributed by atoms with van der Waals surface area (Å²) in [5.74, 6) is -0.503. The van der Waals surface area contributed by atoms with Crippen LogP contribution in [0.15, 0.2) is 0 Å². The van der Waals surface area contributed by atoms with Crippen molar-refractivity contribution in [3.05, 3.63) is 5.01 Å². The number of nitrogens with one attached hydrogen (secondary N) is 2. The summed E-state index contributed by atoms with van der Waals surface area (Å²) in [6.45, 7) is 4.42. The van der Waals surface area contributed by atoms with Crippen molar-refractivity contribution in [1.82, 2.24) is 15.5 Å². The van der Waals surface area contributed by atoms with Gasteiger partial charge in [0.25, 0.3) is 5.91 Å². The Labute approximate surface area is 116 Å². The molecule has 1 amide bonds. The minimum atomic E-state index is -3.12. The van der Waals surface area contributed by atoms with E-state index in [9.17, 15) is 13.2 Å². The maximum absolute atomic E-state index is 11.8. The highest BCUT2D eigenvalue weighted by Crippen LogP contribution is 2.14. The SMILES string of the molecule is CCCNc1nnc(C(=O)NC(C)CS(C)(=O)=O)s1. The van der Waals surface area contributed by atoms with Gasteiger partial charge in [-0.05, 0) is 13.3 Å². The van der Waals surface area contributed by atoms with E-state index in [1.165, 1.54) is 0 Å². The molecule has 2 N–H and O–H groups in total. The summed E-state index contributed by atoms with van der Waals surface area (Å²) in [7, 11) is -3.12. The molecule has 108 valence electrons. The highest BCUT2D eigenvalue weighted by atomic mass is 32.2. The summed E-state index contributed by atoms with van der Waals surface area (Å²) >= 11 is 1.15. The summed E-state index contributed by atoms with van der Waals surface area (Å²) < 4.78 is 22.2. The fraction of sp³-hybridized carbons (Fsp3) is 0.700. The molecule has 1 aromatic rings. The molecular weight excluding hydrogens is 288 g/mol. The number of carbonyl (C=O) groups excluding carboxylic acids is 1. The van der Waals surface area contributed by atoms with Gasteiger partial charge in [0.2, 0.25) is 10.1 Å². The van der Waals surface area contributed by atoms with Crippen LogP contribution in [-0.4, -0.2) is 49.1 Å². The van der Waals surface area contributed by atoms with E-state index in [0.717, 1.165) is 30.6 Å². The highest BCUT2D eigenvalue weighted by molar-refractivity contribution is 7.90. The lowest BCUT2D eigenvalue weighted by Crippen LogP contribution is -2.37. The van der Waals surface area contributed by atoms with Crippen molar-refractivity contribution in [2.45, 2.75) is 26.3 Å². The van der Waals surface area contributed by atoms with Crippen molar-refractivity contribution in [3.8, 4) is 0 Å². The van der Waals surface area contributed by atoms with Gasteiger partial charge < -0.3 is 10.6 Å². The average Bonchev–Trinajstić information content (AvgIpc) is 2.72. The summed E-state index contributed by atoms with van der Waals surface area (Å²) in [4.78, 5) is 11.8. The normalized spacial score (nSPS) is 13.0. The first-order valence-corrected chi connectivity index (χ1v) is 8.75. The zero-order valence-electron chi connectivity index (χ0n) is 11.1. The van der Waals surface area contributed by atoms with E-state index in [1.54, 1.807) is 6.92 Å². The van der Waals surface area contributed by atoms with Crippen LogP contribution in [0.25, 0.3) is 0 Å². The fourth-order valence-electron chi connectivity index (χ4n) is 1.40. The molecule has 1 atom stereocenters. The summed E-state index contributed by atoms with van der Waals surface area (Å²) in [5.41, 5.74) is 0. The van der Waals surface area contributed by atoms with Crippen LogP contribution in [0.3, 0.4) is 0 Å². The van der Waals surface area contributed by atoms with E-state index in [0.29, 0.717) is 5.13 Å². The predicted molar refractivity (Wildman–Crippen MR) is 75.3 cm³/mol. The predicted octanol–water partition coefficient (Wildman–Crippen LogP) is 0.523. The molecule has 0 bridgehead atoms. The van der Waals surface area contributed by atoms with Crippen molar-refractivity contribution in [2.75, 3.05) is 23.9 Å². The Hall–Kier alpha value is -1.22. The van der Waals surface area contributed by atoms with Gasteiger partial charge in [0, 0.05) is 18.8 Å². The smallest absolute Gasteiger partial charge is 0.282 e. The minimum Gasteiger partial charge on any atom is -0.360 e. The molecule has 7 nitrogen and oxygen atoms in total. The molecule has 0 fully saturated rings. The average molecular weight is 306 g/mol. The lowest BCUT2D eigenvalue weighted by Gasteiger charge is -2.10. The summed E-state index contributed by atoms with van der Waals surface area (Å²) in [6.07, 6.45) is 2.08. The highest BCUT2D eigenvalue weighted by Gasteiger charge is 2.17. The van der Waals surface area contributed by atoms with Gasteiger partial charge in [-0.3, -0.25) is 4.79 Å². The molecule has 0 aliphatic rings. The Morgan fingerprint density at radius 3 is 2.68 bits per heavy atom. The molecule has 19 heavy (non-hydrogen) atoms. The first-order valence-electron chi connectivity index (χ1n) is 5.87. The largest absolute Gasteiger partial charge is 0.360 e. The van der Waals surface area contributed by atoms with Crippen molar-refractivity contribution < 1.29 is 13.2 Å². The molecule has 0 saturated carbocycles. The number of hydrogen-bond donors (Lipinski definition) is 2. The Kier molecular flexibility index (Phi) is 5.67. The van der Waals surface area contributed by atoms with Crippen molar-refractivity contribution in [3.63, 3.8) is 0 Å². The van der Waals surface area contributed by atoms with Crippen LogP contribution in [0, 0.1) is 0 Å². The van der Waals surface area contributed by atoms with Crippen LogP contribution in [-0.2, 0) is 9.84 Å². The maximum Gasteiger partial charge on any atom is 0.282 e. The lowest BCUT2D eigenvalue weighted by molar-refractivity contribution is 0.0942. The topological polar surface area (TPSA) is 101 Å². The van der Waals surface area contributed by atoms with Gasteiger partial charge in [-0.1, -0.05) is 18.3 Å². The van der Waals surface area contributed by atoms with Crippen LogP contribution in [0.1, 0.15) is 30.1 Å². The number of nitrogens with zero attached hydrogens (tertiary/aromatic N) is 2. The number of amides is 1. The Morgan fingerprint density at radius 1 is 1.42 bits per heavy atom. The fourth-order valence-corrected chi connectivity index (χ4v) is 3.06. The van der Waals surface area contributed by atoms with Crippen molar-refractivity contribution in [1.29, 1.82) is 0 Å². The number of aromatic nitrogens is 2. The Balaban J connectivity index is 2.56. The molecule has 1 unspecified atom stereocenters. The first kappa shape index (κ1) is 15.8. The van der Waals surface area contributed by atoms with Crippen LogP contribution >= 0.6 is 11.3 Å². The van der Waals surface area contributed by atoms with Gasteiger partial charge in [0.05, 0.1) is 5.75 Å². The molecule has 1 rings (SSSR count). The van der Waals surface area contributed by atoms with Crippen LogP contribution < -0.4 is 10.6 Å². The third-order valence-corrected chi connectivity index (χ3v) is 4.06. The van der Waals surface area contributed by atoms with Gasteiger partial charge in [-0.2, -0.15) is 0 Å². The minimum absolute atomic E-state index is 0.0987. The Bertz CT molecular complexity index is 527. The first-order chi connectivity index (χ1) is 8.81. The van der Waals surface area contributed by atoms with Gasteiger partial charge in [-0.15, -0.1) is 10.2 Å². The molecule has 0 aromatic carbocycles. The Morgan fingerprint density at radius 2 is 2.11 bits per heavy atom. The second-order valence-corrected chi connectivity index (χ2v) is 7.47. The molecule has 0 spiro atoms. The van der Waals surface area contributed by atoms with E-state index in [2.05, 4.69) is 20.8 Å². The van der Waals surface area contributed by atoms with Crippen molar-refractivity contribution in [2.24, 2.45) is 0 Å². The second-order valence-electron chi connectivity index (χ2n) is 4.31. The van der Waals surface area contributed by atoms with Crippen molar-refractivity contribution >= 4 is 32.2 Å². The number of rotatable bonds is 7. The molecule has 1 heterocycles. The van der Waals surface area contributed by atoms with Crippen LogP contribution in [0.5, 0.6) is 0 Å². The molecule has 0 saturated heterocycles. The third kappa shape index (κ3) is 5.97.